The van der Waals surface area contributed by atoms with Crippen molar-refractivity contribution in [1.82, 2.24) is 0 Å². The molecule has 2 N–H and O–H groups in total. The van der Waals surface area contributed by atoms with E-state index in [4.69, 9.17) is 15.2 Å². The van der Waals surface area contributed by atoms with E-state index in [1.165, 1.54) is 0 Å². The Hall–Kier alpha value is -0.610. The molecule has 0 aromatic heterocycles. The van der Waals surface area contributed by atoms with Gasteiger partial charge in [-0.2, -0.15) is 0 Å². The molecule has 0 bridgehead atoms. The monoisotopic (exact) mass is 231 g/mol. The molecule has 1 unspecified atom stereocenters. The van der Waals surface area contributed by atoms with E-state index in [2.05, 4.69) is 6.92 Å². The molecule has 1 atom stereocenters. The first-order valence-corrected chi connectivity index (χ1v) is 6.14. The molecule has 0 amide bonds. The summed E-state index contributed by atoms with van der Waals surface area (Å²) in [6.45, 7) is 6.37. The molecule has 0 heterocycles. The summed E-state index contributed by atoms with van der Waals surface area (Å²) < 4.78 is 10.3. The Morgan fingerprint density at radius 1 is 1.31 bits per heavy atom. The Morgan fingerprint density at radius 2 is 2.06 bits per heavy atom. The van der Waals surface area contributed by atoms with Crippen molar-refractivity contribution in [1.29, 1.82) is 0 Å². The third kappa shape index (κ3) is 9.93. The molecule has 0 spiro atoms. The quantitative estimate of drug-likeness (QED) is 0.459. The topological polar surface area (TPSA) is 61.5 Å². The van der Waals surface area contributed by atoms with Crippen LogP contribution in [-0.4, -0.2) is 32.3 Å². The molecule has 0 saturated carbocycles. The smallest absolute Gasteiger partial charge is 0.305 e. The van der Waals surface area contributed by atoms with Gasteiger partial charge in [-0.15, -0.1) is 0 Å². The normalized spacial score (nSPS) is 12.4. The maximum Gasteiger partial charge on any atom is 0.305 e. The number of esters is 1. The lowest BCUT2D eigenvalue weighted by Crippen LogP contribution is -2.15. The fraction of sp³-hybridized carbons (Fsp3) is 0.917. The van der Waals surface area contributed by atoms with Crippen molar-refractivity contribution < 1.29 is 14.3 Å². The molecule has 0 aliphatic rings. The van der Waals surface area contributed by atoms with Crippen LogP contribution in [0, 0.1) is 5.92 Å². The molecule has 0 saturated heterocycles. The summed E-state index contributed by atoms with van der Waals surface area (Å²) in [5, 5.41) is 0. The van der Waals surface area contributed by atoms with Gasteiger partial charge in [-0.05, 0) is 25.3 Å². The summed E-state index contributed by atoms with van der Waals surface area (Å²) in [5.41, 5.74) is 5.45. The lowest BCUT2D eigenvalue weighted by atomic mass is 10.1. The number of ether oxygens (including phenoxy) is 2. The molecular formula is C12H25NO3. The van der Waals surface area contributed by atoms with Crippen LogP contribution >= 0.6 is 0 Å². The summed E-state index contributed by atoms with van der Waals surface area (Å²) in [7, 11) is 0. The molecule has 96 valence electrons. The van der Waals surface area contributed by atoms with E-state index in [0.717, 1.165) is 25.9 Å². The van der Waals surface area contributed by atoms with E-state index >= 15 is 0 Å². The molecule has 0 aromatic carbocycles. The highest BCUT2D eigenvalue weighted by Crippen LogP contribution is 2.04. The fourth-order valence-corrected chi connectivity index (χ4v) is 1.12. The van der Waals surface area contributed by atoms with Crippen LogP contribution in [0.15, 0.2) is 0 Å². The van der Waals surface area contributed by atoms with Gasteiger partial charge in [0.15, 0.2) is 0 Å². The van der Waals surface area contributed by atoms with Gasteiger partial charge in [0.2, 0.25) is 0 Å². The Labute approximate surface area is 98.5 Å². The van der Waals surface area contributed by atoms with Gasteiger partial charge in [-0.1, -0.05) is 20.3 Å². The summed E-state index contributed by atoms with van der Waals surface area (Å²) in [6.07, 6.45) is 3.43. The highest BCUT2D eigenvalue weighted by Gasteiger charge is 2.06. The summed E-state index contributed by atoms with van der Waals surface area (Å²) in [5.74, 6) is 0.229. The van der Waals surface area contributed by atoms with Crippen LogP contribution in [0.5, 0.6) is 0 Å². The minimum Gasteiger partial charge on any atom is -0.463 e. The molecule has 16 heavy (non-hydrogen) atoms. The van der Waals surface area contributed by atoms with Crippen molar-refractivity contribution in [3.63, 3.8) is 0 Å². The second-order valence-electron chi connectivity index (χ2n) is 4.07. The predicted molar refractivity (Wildman–Crippen MR) is 64.1 cm³/mol. The standard InChI is InChI=1S/C12H25NO3/c1-3-4-7-15-8-9-16-12(14)6-5-11(2)10-13/h11H,3-10,13H2,1-2H3. The Bertz CT molecular complexity index is 174. The van der Waals surface area contributed by atoms with Gasteiger partial charge in [0, 0.05) is 13.0 Å². The SMILES string of the molecule is CCCCOCCOC(=O)CCC(C)CN. The van der Waals surface area contributed by atoms with Crippen molar-refractivity contribution in [2.24, 2.45) is 11.7 Å². The van der Waals surface area contributed by atoms with Crippen LogP contribution in [0.2, 0.25) is 0 Å². The molecular weight excluding hydrogens is 206 g/mol. The number of nitrogens with two attached hydrogens (primary N) is 1. The third-order valence-corrected chi connectivity index (χ3v) is 2.38. The number of carbonyl (C=O) groups is 1. The van der Waals surface area contributed by atoms with E-state index in [-0.39, 0.29) is 5.97 Å². The first-order valence-electron chi connectivity index (χ1n) is 6.14. The summed E-state index contributed by atoms with van der Waals surface area (Å²) in [4.78, 5) is 11.2. The average molecular weight is 231 g/mol. The zero-order chi connectivity index (χ0) is 12.2. The average Bonchev–Trinajstić information content (AvgIpc) is 2.30. The largest absolute Gasteiger partial charge is 0.463 e. The lowest BCUT2D eigenvalue weighted by Gasteiger charge is -2.08. The van der Waals surface area contributed by atoms with Crippen LogP contribution in [0.4, 0.5) is 0 Å². The zero-order valence-corrected chi connectivity index (χ0v) is 10.5. The molecule has 0 aliphatic carbocycles. The van der Waals surface area contributed by atoms with Crippen molar-refractivity contribution >= 4 is 5.97 Å². The van der Waals surface area contributed by atoms with Crippen molar-refractivity contribution in [2.75, 3.05) is 26.4 Å². The van der Waals surface area contributed by atoms with Crippen LogP contribution in [0.25, 0.3) is 0 Å². The molecule has 4 heteroatoms. The van der Waals surface area contributed by atoms with E-state index in [1.54, 1.807) is 0 Å². The number of hydrogen-bond acceptors (Lipinski definition) is 4. The minimum absolute atomic E-state index is 0.153. The number of rotatable bonds is 10. The van der Waals surface area contributed by atoms with Crippen LogP contribution in [0.3, 0.4) is 0 Å². The van der Waals surface area contributed by atoms with Gasteiger partial charge >= 0.3 is 5.97 Å². The zero-order valence-electron chi connectivity index (χ0n) is 10.5. The van der Waals surface area contributed by atoms with E-state index in [1.807, 2.05) is 6.92 Å². The fourth-order valence-electron chi connectivity index (χ4n) is 1.12. The number of unbranched alkanes of at least 4 members (excludes halogenated alkanes) is 1. The maximum absolute atomic E-state index is 11.2. The molecule has 4 nitrogen and oxygen atoms in total. The van der Waals surface area contributed by atoms with E-state index in [9.17, 15) is 4.79 Å². The molecule has 0 fully saturated rings. The van der Waals surface area contributed by atoms with Gasteiger partial charge in [0.25, 0.3) is 0 Å². The number of carbonyl (C=O) groups excluding carboxylic acids is 1. The first-order chi connectivity index (χ1) is 7.70. The summed E-state index contributed by atoms with van der Waals surface area (Å²) >= 11 is 0. The second-order valence-corrected chi connectivity index (χ2v) is 4.07. The van der Waals surface area contributed by atoms with Crippen molar-refractivity contribution in [3.05, 3.63) is 0 Å². The Morgan fingerprint density at radius 3 is 2.69 bits per heavy atom. The van der Waals surface area contributed by atoms with Crippen molar-refractivity contribution in [2.45, 2.75) is 39.5 Å². The molecule has 0 radical (unpaired) electrons. The van der Waals surface area contributed by atoms with Gasteiger partial charge in [-0.3, -0.25) is 4.79 Å². The first kappa shape index (κ1) is 15.4. The Kier molecular flexibility index (Phi) is 10.5. The van der Waals surface area contributed by atoms with Gasteiger partial charge in [-0.25, -0.2) is 0 Å². The number of hydrogen-bond donors (Lipinski definition) is 1. The highest BCUT2D eigenvalue weighted by atomic mass is 16.6. The maximum atomic E-state index is 11.2. The van der Waals surface area contributed by atoms with Gasteiger partial charge in [0.05, 0.1) is 6.61 Å². The van der Waals surface area contributed by atoms with Crippen LogP contribution in [-0.2, 0) is 14.3 Å². The predicted octanol–water partition coefficient (Wildman–Crippen LogP) is 1.72. The Balaban J connectivity index is 3.24. The summed E-state index contributed by atoms with van der Waals surface area (Å²) in [6, 6.07) is 0. The van der Waals surface area contributed by atoms with E-state index < -0.39 is 0 Å². The highest BCUT2D eigenvalue weighted by molar-refractivity contribution is 5.69. The van der Waals surface area contributed by atoms with Crippen LogP contribution in [0.1, 0.15) is 39.5 Å². The molecule has 0 aromatic rings. The van der Waals surface area contributed by atoms with E-state index in [0.29, 0.717) is 32.1 Å². The van der Waals surface area contributed by atoms with Crippen LogP contribution < -0.4 is 5.73 Å². The second kappa shape index (κ2) is 10.9. The molecule has 0 aliphatic heterocycles. The lowest BCUT2D eigenvalue weighted by molar-refractivity contribution is -0.145. The van der Waals surface area contributed by atoms with Gasteiger partial charge < -0.3 is 15.2 Å². The minimum atomic E-state index is -0.153. The van der Waals surface area contributed by atoms with Crippen molar-refractivity contribution in [3.8, 4) is 0 Å². The van der Waals surface area contributed by atoms with Gasteiger partial charge in [0.1, 0.15) is 6.61 Å². The third-order valence-electron chi connectivity index (χ3n) is 2.38. The molecule has 0 rings (SSSR count).